The maximum absolute atomic E-state index is 12.6. The second kappa shape index (κ2) is 3.97. The van der Waals surface area contributed by atoms with Crippen LogP contribution < -0.4 is 5.73 Å². The van der Waals surface area contributed by atoms with Crippen LogP contribution in [0, 0.1) is 12.3 Å². The summed E-state index contributed by atoms with van der Waals surface area (Å²) in [4.78, 5) is 4.04. The molecule has 0 saturated carbocycles. The molecule has 1 aromatic carbocycles. The number of hydrogen-bond acceptors (Lipinski definition) is 2. The molecule has 3 N–H and O–H groups in total. The number of nitrogens with zero attached hydrogens (tertiary/aromatic N) is 1. The molecule has 2 aromatic rings. The van der Waals surface area contributed by atoms with E-state index in [9.17, 15) is 13.2 Å². The molecule has 0 radical (unpaired) electrons. The van der Waals surface area contributed by atoms with Crippen LogP contribution in [0.5, 0.6) is 0 Å². The standard InChI is InChI=1S/C12H10F3N3/c1-6-4-10(11(16)17)18-9-3-2-7(5-8(6)9)12(13,14)15/h2-5H,1H3,(H3,16,17). The van der Waals surface area contributed by atoms with E-state index in [-0.39, 0.29) is 11.5 Å². The molecule has 1 heterocycles. The fraction of sp³-hybridized carbons (Fsp3) is 0.167. The molecule has 2 rings (SSSR count). The molecule has 0 unspecified atom stereocenters. The number of benzene rings is 1. The minimum Gasteiger partial charge on any atom is -0.382 e. The molecule has 0 aliphatic carbocycles. The van der Waals surface area contributed by atoms with E-state index in [2.05, 4.69) is 4.98 Å². The number of alkyl halides is 3. The molecule has 0 atom stereocenters. The second-order valence-electron chi connectivity index (χ2n) is 3.97. The number of rotatable bonds is 1. The molecule has 0 spiro atoms. The number of hydrogen-bond donors (Lipinski definition) is 2. The third kappa shape index (κ3) is 2.13. The maximum atomic E-state index is 12.6. The van der Waals surface area contributed by atoms with E-state index in [1.54, 1.807) is 6.92 Å². The normalized spacial score (nSPS) is 11.8. The van der Waals surface area contributed by atoms with Crippen LogP contribution in [0.1, 0.15) is 16.8 Å². The number of halogens is 3. The quantitative estimate of drug-likeness (QED) is 0.606. The first-order valence-corrected chi connectivity index (χ1v) is 5.12. The fourth-order valence-corrected chi connectivity index (χ4v) is 1.71. The Morgan fingerprint density at radius 2 is 1.94 bits per heavy atom. The average Bonchev–Trinajstić information content (AvgIpc) is 2.27. The zero-order valence-electron chi connectivity index (χ0n) is 9.47. The lowest BCUT2D eigenvalue weighted by molar-refractivity contribution is -0.137. The van der Waals surface area contributed by atoms with Gasteiger partial charge in [0.05, 0.1) is 11.1 Å². The summed E-state index contributed by atoms with van der Waals surface area (Å²) in [5.74, 6) is -0.208. The highest BCUT2D eigenvalue weighted by atomic mass is 19.4. The van der Waals surface area contributed by atoms with Crippen molar-refractivity contribution in [3.05, 3.63) is 41.1 Å². The molecule has 6 heteroatoms. The van der Waals surface area contributed by atoms with Gasteiger partial charge in [-0.25, -0.2) is 4.98 Å². The van der Waals surface area contributed by atoms with Gasteiger partial charge in [0.1, 0.15) is 11.5 Å². The number of amidine groups is 1. The number of nitrogen functional groups attached to an aromatic ring is 1. The summed E-state index contributed by atoms with van der Waals surface area (Å²) in [6.07, 6.45) is -4.38. The van der Waals surface area contributed by atoms with Crippen molar-refractivity contribution in [2.45, 2.75) is 13.1 Å². The van der Waals surface area contributed by atoms with Crippen LogP contribution in [0.4, 0.5) is 13.2 Å². The van der Waals surface area contributed by atoms with Gasteiger partial charge in [0.25, 0.3) is 0 Å². The van der Waals surface area contributed by atoms with Crippen LogP contribution >= 0.6 is 0 Å². The number of fused-ring (bicyclic) bond motifs is 1. The van der Waals surface area contributed by atoms with Gasteiger partial charge in [0, 0.05) is 5.39 Å². The number of nitrogens with two attached hydrogens (primary N) is 1. The molecule has 0 fully saturated rings. The van der Waals surface area contributed by atoms with Crippen LogP contribution in [-0.2, 0) is 6.18 Å². The highest BCUT2D eigenvalue weighted by Gasteiger charge is 2.30. The van der Waals surface area contributed by atoms with E-state index in [1.807, 2.05) is 0 Å². The van der Waals surface area contributed by atoms with E-state index in [0.29, 0.717) is 16.5 Å². The number of aromatic nitrogens is 1. The van der Waals surface area contributed by atoms with Crippen LogP contribution in [0.2, 0.25) is 0 Å². The summed E-state index contributed by atoms with van der Waals surface area (Å²) in [6.45, 7) is 1.66. The van der Waals surface area contributed by atoms with E-state index < -0.39 is 11.7 Å². The Bertz CT molecular complexity index is 632. The topological polar surface area (TPSA) is 62.8 Å². The van der Waals surface area contributed by atoms with E-state index in [1.165, 1.54) is 12.1 Å². The van der Waals surface area contributed by atoms with Gasteiger partial charge in [-0.3, -0.25) is 5.41 Å². The Morgan fingerprint density at radius 3 is 2.50 bits per heavy atom. The van der Waals surface area contributed by atoms with Crippen LogP contribution in [0.3, 0.4) is 0 Å². The Kier molecular flexibility index (Phi) is 2.73. The number of nitrogens with one attached hydrogen (secondary N) is 1. The third-order valence-electron chi connectivity index (χ3n) is 2.62. The van der Waals surface area contributed by atoms with Crippen molar-refractivity contribution in [2.24, 2.45) is 5.73 Å². The van der Waals surface area contributed by atoms with Gasteiger partial charge < -0.3 is 5.73 Å². The zero-order chi connectivity index (χ0) is 13.5. The summed E-state index contributed by atoms with van der Waals surface area (Å²) in [6, 6.07) is 4.82. The van der Waals surface area contributed by atoms with Crippen molar-refractivity contribution in [1.29, 1.82) is 5.41 Å². The smallest absolute Gasteiger partial charge is 0.382 e. The molecule has 0 bridgehead atoms. The lowest BCUT2D eigenvalue weighted by Gasteiger charge is -2.10. The highest BCUT2D eigenvalue weighted by Crippen LogP contribution is 2.31. The lowest BCUT2D eigenvalue weighted by atomic mass is 10.1. The van der Waals surface area contributed by atoms with Crippen molar-refractivity contribution < 1.29 is 13.2 Å². The molecular weight excluding hydrogens is 243 g/mol. The van der Waals surface area contributed by atoms with E-state index >= 15 is 0 Å². The summed E-state index contributed by atoms with van der Waals surface area (Å²) in [5, 5.41) is 7.70. The van der Waals surface area contributed by atoms with Crippen molar-refractivity contribution in [3.63, 3.8) is 0 Å². The Balaban J connectivity index is 2.69. The highest BCUT2D eigenvalue weighted by molar-refractivity contribution is 5.96. The minimum atomic E-state index is -4.38. The molecule has 0 aliphatic rings. The first kappa shape index (κ1) is 12.3. The summed E-state index contributed by atoms with van der Waals surface area (Å²) < 4.78 is 37.7. The van der Waals surface area contributed by atoms with E-state index in [0.717, 1.165) is 12.1 Å². The summed E-state index contributed by atoms with van der Waals surface area (Å²) >= 11 is 0. The summed E-state index contributed by atoms with van der Waals surface area (Å²) in [5.41, 5.74) is 5.87. The van der Waals surface area contributed by atoms with Gasteiger partial charge in [0.15, 0.2) is 0 Å². The summed E-state index contributed by atoms with van der Waals surface area (Å²) in [7, 11) is 0. The van der Waals surface area contributed by atoms with Crippen molar-refractivity contribution in [1.82, 2.24) is 4.98 Å². The van der Waals surface area contributed by atoms with Crippen LogP contribution in [-0.4, -0.2) is 10.8 Å². The monoisotopic (exact) mass is 253 g/mol. The van der Waals surface area contributed by atoms with Gasteiger partial charge in [-0.2, -0.15) is 13.2 Å². The molecule has 0 aliphatic heterocycles. The van der Waals surface area contributed by atoms with Crippen molar-refractivity contribution in [3.8, 4) is 0 Å². The van der Waals surface area contributed by atoms with Crippen molar-refractivity contribution >= 4 is 16.7 Å². The van der Waals surface area contributed by atoms with Gasteiger partial charge in [-0.15, -0.1) is 0 Å². The minimum absolute atomic E-state index is 0.208. The number of aryl methyl sites for hydroxylation is 1. The van der Waals surface area contributed by atoms with Crippen molar-refractivity contribution in [2.75, 3.05) is 0 Å². The fourth-order valence-electron chi connectivity index (χ4n) is 1.71. The average molecular weight is 253 g/mol. The van der Waals surface area contributed by atoms with Gasteiger partial charge >= 0.3 is 6.18 Å². The van der Waals surface area contributed by atoms with Crippen LogP contribution in [0.25, 0.3) is 10.9 Å². The Morgan fingerprint density at radius 1 is 1.28 bits per heavy atom. The first-order valence-electron chi connectivity index (χ1n) is 5.12. The molecule has 94 valence electrons. The van der Waals surface area contributed by atoms with Gasteiger partial charge in [0.2, 0.25) is 0 Å². The maximum Gasteiger partial charge on any atom is 0.416 e. The first-order chi connectivity index (χ1) is 8.29. The number of pyridine rings is 1. The van der Waals surface area contributed by atoms with Gasteiger partial charge in [-0.05, 0) is 36.8 Å². The van der Waals surface area contributed by atoms with E-state index in [4.69, 9.17) is 11.1 Å². The predicted octanol–water partition coefficient (Wildman–Crippen LogP) is 2.85. The third-order valence-corrected chi connectivity index (χ3v) is 2.62. The Hall–Kier alpha value is -2.11. The van der Waals surface area contributed by atoms with Gasteiger partial charge in [-0.1, -0.05) is 0 Å². The van der Waals surface area contributed by atoms with Crippen LogP contribution in [0.15, 0.2) is 24.3 Å². The predicted molar refractivity (Wildman–Crippen MR) is 62.5 cm³/mol. The molecular formula is C12H10F3N3. The SMILES string of the molecule is Cc1cc(C(=N)N)nc2ccc(C(F)(F)F)cc12. The second-order valence-corrected chi connectivity index (χ2v) is 3.97. The Labute approximate surface area is 101 Å². The molecule has 0 amide bonds. The molecule has 0 saturated heterocycles. The molecule has 3 nitrogen and oxygen atoms in total. The molecule has 18 heavy (non-hydrogen) atoms. The zero-order valence-corrected chi connectivity index (χ0v) is 9.47. The molecule has 1 aromatic heterocycles. The largest absolute Gasteiger partial charge is 0.416 e. The lowest BCUT2D eigenvalue weighted by Crippen LogP contribution is -2.13.